The number of alkyl halides is 6. The van der Waals surface area contributed by atoms with Crippen molar-refractivity contribution in [3.63, 3.8) is 0 Å². The highest BCUT2D eigenvalue weighted by atomic mass is 32.1. The van der Waals surface area contributed by atoms with Gasteiger partial charge in [-0.15, -0.1) is 0 Å². The normalized spacial score (nSPS) is 10.5. The number of likely N-dealkylation sites (N-methyl/N-ethyl adjacent to an activating group) is 2. The molecule has 0 bridgehead atoms. The predicted molar refractivity (Wildman–Crippen MR) is 88.4 cm³/mol. The van der Waals surface area contributed by atoms with Crippen LogP contribution in [0.2, 0.25) is 0 Å². The highest BCUT2D eigenvalue weighted by molar-refractivity contribution is 7.59. The summed E-state index contributed by atoms with van der Waals surface area (Å²) in [4.78, 5) is 4.24. The number of nitrogens with zero attached hydrogens (tertiary/aromatic N) is 4. The fourth-order valence-corrected chi connectivity index (χ4v) is 1.60. The van der Waals surface area contributed by atoms with E-state index in [1.807, 2.05) is 0 Å². The van der Waals surface area contributed by atoms with Crippen molar-refractivity contribution in [3.05, 3.63) is 0 Å². The topological polar surface area (TPSA) is 12.5 Å². The molecule has 4 nitrogen and oxygen atoms in total. The number of amidine groups is 2. The van der Waals surface area contributed by atoms with E-state index in [-0.39, 0.29) is 0 Å². The summed E-state index contributed by atoms with van der Waals surface area (Å²) < 4.78 is 65.3. The molecule has 0 heterocycles. The highest BCUT2D eigenvalue weighted by Gasteiger charge is 2.29. The summed E-state index contributed by atoms with van der Waals surface area (Å²) in [6, 6.07) is 0. The van der Waals surface area contributed by atoms with Gasteiger partial charge in [0.05, 0.1) is 56.4 Å². The van der Waals surface area contributed by atoms with Gasteiger partial charge in [-0.3, -0.25) is 19.0 Å². The van der Waals surface area contributed by atoms with Gasteiger partial charge in [0.1, 0.15) is 0 Å². The molecule has 12 heteroatoms. The molecule has 0 aliphatic rings. The molecule has 0 aliphatic heterocycles. The Bertz CT molecular complexity index is 368. The smallest absolute Gasteiger partial charge is 0.361 e. The fourth-order valence-electron chi connectivity index (χ4n) is 1.60. The van der Waals surface area contributed by atoms with E-state index in [0.29, 0.717) is 0 Å². The second-order valence-electron chi connectivity index (χ2n) is 5.12. The van der Waals surface area contributed by atoms with Gasteiger partial charge >= 0.3 is 11.7 Å². The van der Waals surface area contributed by atoms with Crippen LogP contribution in [0.5, 0.6) is 0 Å². The summed E-state index contributed by atoms with van der Waals surface area (Å²) in [5.41, 5.74) is -8.83. The van der Waals surface area contributed by atoms with Crippen molar-refractivity contribution in [2.24, 2.45) is 0 Å². The van der Waals surface area contributed by atoms with Crippen LogP contribution >= 0.6 is 0 Å². The summed E-state index contributed by atoms with van der Waals surface area (Å²) in [7, 11) is 16.5. The molecule has 0 unspecified atom stereocenters. The van der Waals surface area contributed by atoms with E-state index < -0.39 is 11.0 Å². The Balaban J connectivity index is -0.000000361. The van der Waals surface area contributed by atoms with Crippen LogP contribution in [0.1, 0.15) is 0 Å². The molecule has 0 N–H and O–H groups in total. The molecular formula is C12H24F6N4S2. The molecule has 0 rings (SSSR count). The van der Waals surface area contributed by atoms with Gasteiger partial charge in [0.15, 0.2) is 0 Å². The van der Waals surface area contributed by atoms with E-state index in [0.717, 1.165) is 0 Å². The molecule has 0 saturated heterocycles. The standard InChI is InChI=1S/C10H24N4.2CHF3S/c1-11(2)9(12(3)4)10(13(5)6)14(7)8;2*2-1(3,4)5/h1-8H3;2*5H/q+2;;/p-2. The van der Waals surface area contributed by atoms with Crippen LogP contribution in [0.25, 0.3) is 0 Å². The Morgan fingerprint density at radius 3 is 0.792 bits per heavy atom. The zero-order valence-electron chi connectivity index (χ0n) is 14.9. The zero-order chi connectivity index (χ0) is 20.5. The minimum atomic E-state index is -4.42. The van der Waals surface area contributed by atoms with Gasteiger partial charge in [-0.1, -0.05) is 0 Å². The maximum absolute atomic E-state index is 10.2. The first-order valence-corrected chi connectivity index (χ1v) is 7.08. The molecule has 146 valence electrons. The van der Waals surface area contributed by atoms with Crippen molar-refractivity contribution in [2.45, 2.75) is 11.0 Å². The first-order chi connectivity index (χ1) is 10.3. The molecule has 0 aromatic heterocycles. The minimum absolute atomic E-state index is 1.19. The Morgan fingerprint density at radius 2 is 0.750 bits per heavy atom. The van der Waals surface area contributed by atoms with Gasteiger partial charge < -0.3 is 25.3 Å². The van der Waals surface area contributed by atoms with Crippen LogP contribution in [-0.4, -0.2) is 98.0 Å². The molecule has 0 atom stereocenters. The predicted octanol–water partition coefficient (Wildman–Crippen LogP) is 1.56. The molecule has 0 fully saturated rings. The molecule has 0 aromatic rings. The number of rotatable bonds is 0. The lowest BCUT2D eigenvalue weighted by molar-refractivity contribution is -0.485. The van der Waals surface area contributed by atoms with Crippen LogP contribution in [0.4, 0.5) is 26.3 Å². The summed E-state index contributed by atoms with van der Waals surface area (Å²) >= 11 is 5.65. The van der Waals surface area contributed by atoms with Crippen molar-refractivity contribution < 1.29 is 35.5 Å². The van der Waals surface area contributed by atoms with Crippen molar-refractivity contribution in [2.75, 3.05) is 56.4 Å². The van der Waals surface area contributed by atoms with Crippen LogP contribution < -0.4 is 0 Å². The molecule has 0 aromatic carbocycles. The molecule has 0 aliphatic carbocycles. The van der Waals surface area contributed by atoms with Gasteiger partial charge in [0, 0.05) is 0 Å². The number of halogens is 6. The van der Waals surface area contributed by atoms with E-state index in [4.69, 9.17) is 0 Å². The Morgan fingerprint density at radius 1 is 0.625 bits per heavy atom. The average molecular weight is 402 g/mol. The summed E-state index contributed by atoms with van der Waals surface area (Å²) in [6.07, 6.45) is 0. The monoisotopic (exact) mass is 402 g/mol. The first-order valence-electron chi connectivity index (χ1n) is 6.26. The van der Waals surface area contributed by atoms with Gasteiger partial charge in [0.25, 0.3) is 11.0 Å². The second-order valence-corrected chi connectivity index (χ2v) is 6.04. The van der Waals surface area contributed by atoms with Crippen LogP contribution in [-0.2, 0) is 25.3 Å². The minimum Gasteiger partial charge on any atom is -0.680 e. The van der Waals surface area contributed by atoms with E-state index in [2.05, 4.69) is 101 Å². The van der Waals surface area contributed by atoms with Gasteiger partial charge in [0.2, 0.25) is 0 Å². The lowest BCUT2D eigenvalue weighted by atomic mass is 10.4. The average Bonchev–Trinajstić information content (AvgIpc) is 2.17. The van der Waals surface area contributed by atoms with Gasteiger partial charge in [-0.25, -0.2) is 0 Å². The largest absolute Gasteiger partial charge is 0.680 e. The Kier molecular flexibility index (Phi) is 13.7. The molecule has 0 radical (unpaired) electrons. The molecule has 0 spiro atoms. The summed E-state index contributed by atoms with van der Waals surface area (Å²) in [5, 5.41) is 0. The molecular weight excluding hydrogens is 378 g/mol. The Hall–Kier alpha value is -0.780. The van der Waals surface area contributed by atoms with Crippen molar-refractivity contribution in [1.29, 1.82) is 0 Å². The SMILES string of the molecule is CN(C)C(C(N(C)C)=[N+](C)C)=[N+](C)C.FC(F)(F)[S-].FC(F)(F)[S-]. The lowest BCUT2D eigenvalue weighted by Gasteiger charge is -2.15. The van der Waals surface area contributed by atoms with Crippen LogP contribution in [0, 0.1) is 0 Å². The number of hydrogen-bond donors (Lipinski definition) is 0. The van der Waals surface area contributed by atoms with Crippen molar-refractivity contribution in [1.82, 2.24) is 9.80 Å². The van der Waals surface area contributed by atoms with Crippen LogP contribution in [0.3, 0.4) is 0 Å². The second kappa shape index (κ2) is 11.7. The Labute approximate surface area is 150 Å². The van der Waals surface area contributed by atoms with Gasteiger partial charge in [-0.2, -0.15) is 26.3 Å². The first kappa shape index (κ1) is 28.0. The van der Waals surface area contributed by atoms with E-state index in [1.54, 1.807) is 0 Å². The fraction of sp³-hybridized carbons (Fsp3) is 0.833. The van der Waals surface area contributed by atoms with Crippen LogP contribution in [0.15, 0.2) is 0 Å². The zero-order valence-corrected chi connectivity index (χ0v) is 16.5. The van der Waals surface area contributed by atoms with E-state index in [1.165, 1.54) is 11.7 Å². The van der Waals surface area contributed by atoms with Crippen molar-refractivity contribution >= 4 is 36.9 Å². The van der Waals surface area contributed by atoms with Crippen molar-refractivity contribution in [3.8, 4) is 0 Å². The third kappa shape index (κ3) is 23.5. The number of hydrogen-bond acceptors (Lipinski definition) is 2. The highest BCUT2D eigenvalue weighted by Crippen LogP contribution is 2.09. The maximum atomic E-state index is 10.2. The summed E-state index contributed by atoms with van der Waals surface area (Å²) in [6.45, 7) is 0. The van der Waals surface area contributed by atoms with E-state index >= 15 is 0 Å². The molecule has 24 heavy (non-hydrogen) atoms. The third-order valence-electron chi connectivity index (χ3n) is 1.89. The van der Waals surface area contributed by atoms with E-state index in [9.17, 15) is 26.3 Å². The quantitative estimate of drug-likeness (QED) is 0.200. The molecule has 0 amide bonds. The molecule has 0 saturated carbocycles. The third-order valence-corrected chi connectivity index (χ3v) is 1.89. The maximum Gasteiger partial charge on any atom is 0.361 e. The lowest BCUT2D eigenvalue weighted by Crippen LogP contribution is -2.47. The summed E-state index contributed by atoms with van der Waals surface area (Å²) in [5.74, 6) is 2.39. The van der Waals surface area contributed by atoms with Gasteiger partial charge in [-0.05, 0) is 0 Å².